The number of halogens is 1. The van der Waals surface area contributed by atoms with Crippen molar-refractivity contribution in [3.63, 3.8) is 0 Å². The Morgan fingerprint density at radius 1 is 0.944 bits per heavy atom. The minimum atomic E-state index is -1.34. The number of esters is 2. The average molecular weight is 773 g/mol. The zero-order valence-corrected chi connectivity index (χ0v) is 31.4. The summed E-state index contributed by atoms with van der Waals surface area (Å²) in [6, 6.07) is 28.3. The molecule has 0 spiro atoms. The van der Waals surface area contributed by atoms with E-state index < -0.39 is 58.9 Å². The smallest absolute Gasteiger partial charge is 0.355 e. The number of thioether (sulfide) groups is 1. The van der Waals surface area contributed by atoms with Crippen LogP contribution in [0, 0.1) is 0 Å². The Morgan fingerprint density at radius 3 is 2.04 bits per heavy atom. The molecule has 0 unspecified atom stereocenters. The van der Waals surface area contributed by atoms with E-state index in [9.17, 15) is 23.6 Å². The predicted molar refractivity (Wildman–Crippen MR) is 201 cm³/mol. The summed E-state index contributed by atoms with van der Waals surface area (Å²) >= 11 is 2.22. The van der Waals surface area contributed by atoms with Gasteiger partial charge in [0.2, 0.25) is 16.7 Å². The number of hydrogen-bond acceptors (Lipinski definition) is 13. The van der Waals surface area contributed by atoms with Crippen LogP contribution in [0.25, 0.3) is 0 Å². The summed E-state index contributed by atoms with van der Waals surface area (Å²) in [7, 11) is 0. The van der Waals surface area contributed by atoms with Crippen LogP contribution in [0.3, 0.4) is 0 Å². The zero-order chi connectivity index (χ0) is 38.5. The van der Waals surface area contributed by atoms with E-state index in [0.717, 1.165) is 28.2 Å². The first-order valence-electron chi connectivity index (χ1n) is 16.8. The van der Waals surface area contributed by atoms with Crippen molar-refractivity contribution in [1.82, 2.24) is 19.6 Å². The van der Waals surface area contributed by atoms with Gasteiger partial charge in [0, 0.05) is 29.8 Å². The summed E-state index contributed by atoms with van der Waals surface area (Å²) in [4.78, 5) is 62.8. The summed E-state index contributed by atoms with van der Waals surface area (Å²) in [5.74, 6) is -2.80. The standard InChI is InChI=1S/C38H37FN6O7S2/c1-23(46)50-20-24-21-53-34-29(33(48)45(34)30(24)35(49)52-37(2,3)4)40-32(47)28(43-51-22-39)31-41-36(54-44-31)42-38(25-14-8-5-9-15-25,26-16-10-6-11-17-26)27-18-12-7-13-19-27/h5-19,29,34H,20-22H2,1-4H3,(H,40,47)(H,41,42,44)/b43-28-/t29-,34+/m1/s1. The number of carbonyl (C=O) groups is 4. The lowest BCUT2D eigenvalue weighted by atomic mass is 9.77. The first-order valence-corrected chi connectivity index (χ1v) is 18.6. The second-order valence-corrected chi connectivity index (χ2v) is 15.0. The number of amides is 2. The monoisotopic (exact) mass is 772 g/mol. The van der Waals surface area contributed by atoms with E-state index in [4.69, 9.17) is 9.47 Å². The highest BCUT2D eigenvalue weighted by molar-refractivity contribution is 8.00. The largest absolute Gasteiger partial charge is 0.461 e. The van der Waals surface area contributed by atoms with E-state index in [2.05, 4.69) is 30.0 Å². The van der Waals surface area contributed by atoms with Gasteiger partial charge in [-0.25, -0.2) is 9.18 Å². The molecule has 0 bridgehead atoms. The SMILES string of the molecule is CC(=O)OCC1=C(C(=O)OC(C)(C)C)N2C(=O)[C@@H](NC(=O)/C(=N\OCF)c3nsc(NC(c4ccccc4)(c4ccccc4)c4ccccc4)n3)[C@@H]2SC1. The first-order chi connectivity index (χ1) is 25.9. The molecule has 0 aliphatic carbocycles. The van der Waals surface area contributed by atoms with Gasteiger partial charge >= 0.3 is 11.9 Å². The number of alkyl halides is 1. The third-order valence-corrected chi connectivity index (χ3v) is 10.3. The summed E-state index contributed by atoms with van der Waals surface area (Å²) < 4.78 is 28.4. The molecule has 0 radical (unpaired) electrons. The van der Waals surface area contributed by atoms with Gasteiger partial charge in [-0.2, -0.15) is 9.36 Å². The molecule has 6 rings (SSSR count). The Hall–Kier alpha value is -5.61. The normalized spacial score (nSPS) is 17.2. The number of β-lactam (4-membered cyclic amide) rings is 1. The third-order valence-electron chi connectivity index (χ3n) is 8.35. The Labute approximate surface area is 319 Å². The van der Waals surface area contributed by atoms with Crippen molar-refractivity contribution in [1.29, 1.82) is 0 Å². The summed E-state index contributed by atoms with van der Waals surface area (Å²) in [5.41, 5.74) is 0.756. The molecule has 0 saturated carbocycles. The van der Waals surface area contributed by atoms with Crippen molar-refractivity contribution in [3.05, 3.63) is 125 Å². The molecule has 2 atom stereocenters. The molecule has 4 aromatic rings. The second-order valence-electron chi connectivity index (χ2n) is 13.2. The van der Waals surface area contributed by atoms with Gasteiger partial charge in [-0.05, 0) is 37.5 Å². The van der Waals surface area contributed by atoms with E-state index in [0.29, 0.717) is 10.7 Å². The molecule has 1 aromatic heterocycles. The van der Waals surface area contributed by atoms with Crippen molar-refractivity contribution in [2.75, 3.05) is 24.5 Å². The van der Waals surface area contributed by atoms with Gasteiger partial charge in [-0.3, -0.25) is 19.3 Å². The fourth-order valence-electron chi connectivity index (χ4n) is 6.09. The van der Waals surface area contributed by atoms with Crippen LogP contribution in [0.1, 0.15) is 50.2 Å². The highest BCUT2D eigenvalue weighted by atomic mass is 32.2. The van der Waals surface area contributed by atoms with Crippen LogP contribution in [-0.2, 0) is 39.0 Å². The summed E-state index contributed by atoms with van der Waals surface area (Å²) in [6.07, 6.45) is 0. The highest BCUT2D eigenvalue weighted by Crippen LogP contribution is 2.42. The highest BCUT2D eigenvalue weighted by Gasteiger charge is 2.55. The molecule has 2 N–H and O–H groups in total. The van der Waals surface area contributed by atoms with Gasteiger partial charge in [0.25, 0.3) is 18.7 Å². The molecule has 3 heterocycles. The molecule has 1 fully saturated rings. The number of fused-ring (bicyclic) bond motifs is 1. The molecule has 3 aromatic carbocycles. The van der Waals surface area contributed by atoms with Crippen molar-refractivity contribution in [3.8, 4) is 0 Å². The van der Waals surface area contributed by atoms with Crippen molar-refractivity contribution < 1.29 is 37.9 Å². The number of nitrogens with zero attached hydrogens (tertiary/aromatic N) is 4. The molecule has 2 aliphatic heterocycles. The molecule has 16 heteroatoms. The third kappa shape index (κ3) is 7.99. The summed E-state index contributed by atoms with van der Waals surface area (Å²) in [6.45, 7) is 4.74. The van der Waals surface area contributed by atoms with E-state index >= 15 is 0 Å². The van der Waals surface area contributed by atoms with Crippen LogP contribution in [-0.4, -0.2) is 80.0 Å². The number of oxime groups is 1. The van der Waals surface area contributed by atoms with Crippen LogP contribution in [0.4, 0.5) is 9.52 Å². The lowest BCUT2D eigenvalue weighted by Gasteiger charge is -2.49. The predicted octanol–water partition coefficient (Wildman–Crippen LogP) is 5.15. The van der Waals surface area contributed by atoms with E-state index in [-0.39, 0.29) is 23.9 Å². The molecule has 2 aliphatic rings. The van der Waals surface area contributed by atoms with E-state index in [1.807, 2.05) is 91.0 Å². The zero-order valence-electron chi connectivity index (χ0n) is 29.8. The van der Waals surface area contributed by atoms with Crippen molar-refractivity contribution >= 4 is 57.9 Å². The van der Waals surface area contributed by atoms with Crippen LogP contribution < -0.4 is 10.6 Å². The summed E-state index contributed by atoms with van der Waals surface area (Å²) in [5, 5.41) is 9.50. The molecule has 280 valence electrons. The number of ether oxygens (including phenoxy) is 2. The van der Waals surface area contributed by atoms with Crippen LogP contribution in [0.2, 0.25) is 0 Å². The van der Waals surface area contributed by atoms with Gasteiger partial charge in [-0.15, -0.1) is 11.8 Å². The van der Waals surface area contributed by atoms with Gasteiger partial charge in [-0.1, -0.05) is 96.2 Å². The van der Waals surface area contributed by atoms with E-state index in [1.165, 1.54) is 23.6 Å². The number of aromatic nitrogens is 2. The minimum absolute atomic E-state index is 0.0457. The minimum Gasteiger partial charge on any atom is -0.461 e. The maximum Gasteiger partial charge on any atom is 0.355 e. The number of anilines is 1. The topological polar surface area (TPSA) is 161 Å². The Bertz CT molecular complexity index is 1980. The molecule has 1 saturated heterocycles. The van der Waals surface area contributed by atoms with Gasteiger partial charge in [0.15, 0.2) is 0 Å². The van der Waals surface area contributed by atoms with E-state index in [1.54, 1.807) is 20.8 Å². The van der Waals surface area contributed by atoms with Gasteiger partial charge in [0.05, 0.1) is 0 Å². The van der Waals surface area contributed by atoms with Gasteiger partial charge < -0.3 is 24.9 Å². The Morgan fingerprint density at radius 2 is 1.52 bits per heavy atom. The molecule has 13 nitrogen and oxygen atoms in total. The molecular weight excluding hydrogens is 736 g/mol. The number of nitrogens with one attached hydrogen (secondary N) is 2. The molecular formula is C38H37FN6O7S2. The van der Waals surface area contributed by atoms with Crippen LogP contribution in [0.15, 0.2) is 107 Å². The lowest BCUT2D eigenvalue weighted by Crippen LogP contribution is -2.71. The van der Waals surface area contributed by atoms with Gasteiger partial charge in [0.1, 0.15) is 34.9 Å². The van der Waals surface area contributed by atoms with Crippen molar-refractivity contribution in [2.24, 2.45) is 5.16 Å². The quantitative estimate of drug-likeness (QED) is 0.0608. The average Bonchev–Trinajstić information content (AvgIpc) is 3.63. The number of carbonyl (C=O) groups excluding carboxylic acids is 4. The Kier molecular flexibility index (Phi) is 11.4. The van der Waals surface area contributed by atoms with Crippen molar-refractivity contribution in [2.45, 2.75) is 50.3 Å². The number of benzene rings is 3. The molecule has 2 amide bonds. The Balaban J connectivity index is 1.28. The lowest BCUT2D eigenvalue weighted by molar-refractivity contribution is -0.159. The van der Waals surface area contributed by atoms with Crippen LogP contribution in [0.5, 0.6) is 0 Å². The number of hydrogen-bond donors (Lipinski definition) is 2. The first kappa shape index (κ1) is 38.1. The maximum atomic E-state index is 13.8. The molecule has 54 heavy (non-hydrogen) atoms. The maximum absolute atomic E-state index is 13.8. The second kappa shape index (κ2) is 16.2. The van der Waals surface area contributed by atoms with Crippen LogP contribution >= 0.6 is 23.3 Å². The fraction of sp³-hybridized carbons (Fsp3) is 0.289. The fourth-order valence-corrected chi connectivity index (χ4v) is 8.05. The number of rotatable bonds is 13.